The van der Waals surface area contributed by atoms with E-state index in [9.17, 15) is 13.2 Å². The average Bonchev–Trinajstić information content (AvgIpc) is 2.70. The summed E-state index contributed by atoms with van der Waals surface area (Å²) in [4.78, 5) is 3.99. The van der Waals surface area contributed by atoms with Crippen LogP contribution in [0.1, 0.15) is 49.4 Å². The van der Waals surface area contributed by atoms with Gasteiger partial charge in [-0.05, 0) is 5.92 Å². The molecular weight excluding hydrogens is 289 g/mol. The Morgan fingerprint density at radius 1 is 1.25 bits per heavy atom. The van der Waals surface area contributed by atoms with Gasteiger partial charge in [-0.15, -0.1) is 11.3 Å². The fourth-order valence-electron chi connectivity index (χ4n) is 1.79. The van der Waals surface area contributed by atoms with Gasteiger partial charge in [-0.1, -0.05) is 27.7 Å². The van der Waals surface area contributed by atoms with Gasteiger partial charge in [-0.2, -0.15) is 13.2 Å². The third-order valence-corrected chi connectivity index (χ3v) is 3.87. The maximum Gasteiger partial charge on any atom is 0.434 e. The zero-order chi connectivity index (χ0) is 15.5. The second-order valence-corrected chi connectivity index (χ2v) is 6.37. The van der Waals surface area contributed by atoms with Crippen molar-refractivity contribution in [2.24, 2.45) is 5.92 Å². The Kier molecular flexibility index (Phi) is 5.97. The van der Waals surface area contributed by atoms with Crippen molar-refractivity contribution >= 4 is 11.3 Å². The van der Waals surface area contributed by atoms with E-state index in [1.807, 2.05) is 27.7 Å². The maximum atomic E-state index is 13.0. The van der Waals surface area contributed by atoms with E-state index in [0.717, 1.165) is 11.3 Å². The zero-order valence-corrected chi connectivity index (χ0v) is 13.2. The highest BCUT2D eigenvalue weighted by molar-refractivity contribution is 7.11. The first-order chi connectivity index (χ1) is 9.16. The Morgan fingerprint density at radius 3 is 2.25 bits per heavy atom. The molecule has 1 aromatic heterocycles. The summed E-state index contributed by atoms with van der Waals surface area (Å²) < 4.78 is 44.4. The van der Waals surface area contributed by atoms with Crippen LogP contribution in [0.2, 0.25) is 0 Å². The molecule has 0 aliphatic carbocycles. The van der Waals surface area contributed by atoms with Gasteiger partial charge in [0.2, 0.25) is 0 Å². The molecule has 1 heterocycles. The van der Waals surface area contributed by atoms with Crippen LogP contribution in [0.25, 0.3) is 0 Å². The predicted molar refractivity (Wildman–Crippen MR) is 73.7 cm³/mol. The average molecular weight is 310 g/mol. The number of methoxy groups -OCH3 is 1. The fraction of sp³-hybridized carbons (Fsp3) is 0.769. The Morgan fingerprint density at radius 2 is 1.85 bits per heavy atom. The van der Waals surface area contributed by atoms with Crippen molar-refractivity contribution in [2.75, 3.05) is 7.11 Å². The quantitative estimate of drug-likeness (QED) is 0.862. The molecule has 0 fully saturated rings. The lowest BCUT2D eigenvalue weighted by Gasteiger charge is -2.16. The largest absolute Gasteiger partial charge is 0.434 e. The van der Waals surface area contributed by atoms with Gasteiger partial charge < -0.3 is 10.1 Å². The van der Waals surface area contributed by atoms with Crippen molar-refractivity contribution in [3.8, 4) is 0 Å². The number of nitrogens with zero attached hydrogens (tertiary/aromatic N) is 1. The Labute approximate surface area is 121 Å². The minimum absolute atomic E-state index is 0.0677. The van der Waals surface area contributed by atoms with E-state index in [1.54, 1.807) is 0 Å². The van der Waals surface area contributed by atoms with Crippen LogP contribution in [0, 0.1) is 5.92 Å². The van der Waals surface area contributed by atoms with Crippen LogP contribution in [-0.2, 0) is 17.5 Å². The molecule has 0 spiro atoms. The molecule has 116 valence electrons. The van der Waals surface area contributed by atoms with Crippen molar-refractivity contribution < 1.29 is 17.9 Å². The van der Waals surface area contributed by atoms with Gasteiger partial charge in [-0.3, -0.25) is 0 Å². The van der Waals surface area contributed by atoms with E-state index >= 15 is 0 Å². The smallest absolute Gasteiger partial charge is 0.374 e. The third-order valence-electron chi connectivity index (χ3n) is 2.76. The van der Waals surface area contributed by atoms with E-state index in [-0.39, 0.29) is 23.4 Å². The summed E-state index contributed by atoms with van der Waals surface area (Å²) in [6.07, 6.45) is -4.84. The summed E-state index contributed by atoms with van der Waals surface area (Å²) in [7, 11) is 1.49. The molecule has 1 N–H and O–H groups in total. The van der Waals surface area contributed by atoms with Crippen molar-refractivity contribution in [1.82, 2.24) is 10.3 Å². The molecule has 1 aromatic rings. The zero-order valence-electron chi connectivity index (χ0n) is 12.3. The molecule has 0 bridgehead atoms. The SMILES string of the molecule is COC(c1nc(C(F)(F)F)c(CNC(C)C)s1)C(C)C. The van der Waals surface area contributed by atoms with Gasteiger partial charge in [0.1, 0.15) is 11.1 Å². The van der Waals surface area contributed by atoms with Crippen LogP contribution in [0.3, 0.4) is 0 Å². The van der Waals surface area contributed by atoms with Gasteiger partial charge >= 0.3 is 6.18 Å². The molecule has 0 saturated carbocycles. The van der Waals surface area contributed by atoms with Crippen LogP contribution in [0.5, 0.6) is 0 Å². The van der Waals surface area contributed by atoms with Crippen molar-refractivity contribution in [2.45, 2.75) is 52.6 Å². The molecule has 3 nitrogen and oxygen atoms in total. The highest BCUT2D eigenvalue weighted by Crippen LogP contribution is 2.38. The lowest BCUT2D eigenvalue weighted by atomic mass is 10.1. The number of hydrogen-bond acceptors (Lipinski definition) is 4. The lowest BCUT2D eigenvalue weighted by molar-refractivity contribution is -0.141. The van der Waals surface area contributed by atoms with Crippen LogP contribution in [0.15, 0.2) is 0 Å². The molecule has 1 rings (SSSR count). The molecule has 0 radical (unpaired) electrons. The Balaban J connectivity index is 3.11. The summed E-state index contributed by atoms with van der Waals surface area (Å²) in [6.45, 7) is 7.74. The summed E-state index contributed by atoms with van der Waals surface area (Å²) >= 11 is 1.07. The van der Waals surface area contributed by atoms with Gasteiger partial charge in [-0.25, -0.2) is 4.98 Å². The number of aromatic nitrogens is 1. The first kappa shape index (κ1) is 17.4. The van der Waals surface area contributed by atoms with Gasteiger partial charge in [0, 0.05) is 19.7 Å². The third kappa shape index (κ3) is 4.43. The molecule has 0 aliphatic rings. The minimum atomic E-state index is -4.43. The molecule has 20 heavy (non-hydrogen) atoms. The van der Waals surface area contributed by atoms with Crippen LogP contribution in [0.4, 0.5) is 13.2 Å². The van der Waals surface area contributed by atoms with Gasteiger partial charge in [0.25, 0.3) is 0 Å². The number of halogens is 3. The molecule has 1 atom stereocenters. The molecule has 1 unspecified atom stereocenters. The number of alkyl halides is 3. The summed E-state index contributed by atoms with van der Waals surface area (Å²) in [6, 6.07) is 0.116. The second-order valence-electron chi connectivity index (χ2n) is 5.26. The van der Waals surface area contributed by atoms with Crippen molar-refractivity contribution in [3.05, 3.63) is 15.6 Å². The topological polar surface area (TPSA) is 34.1 Å². The van der Waals surface area contributed by atoms with Crippen molar-refractivity contribution in [1.29, 1.82) is 0 Å². The van der Waals surface area contributed by atoms with Crippen LogP contribution >= 0.6 is 11.3 Å². The summed E-state index contributed by atoms with van der Waals surface area (Å²) in [5.41, 5.74) is -0.798. The fourth-order valence-corrected chi connectivity index (χ4v) is 3.08. The summed E-state index contributed by atoms with van der Waals surface area (Å²) in [5, 5.41) is 3.39. The highest BCUT2D eigenvalue weighted by Gasteiger charge is 2.38. The van der Waals surface area contributed by atoms with Gasteiger partial charge in [0.05, 0.1) is 4.88 Å². The van der Waals surface area contributed by atoms with Crippen molar-refractivity contribution in [3.63, 3.8) is 0 Å². The number of thiazole rings is 1. The van der Waals surface area contributed by atoms with Crippen LogP contribution in [-0.4, -0.2) is 18.1 Å². The minimum Gasteiger partial charge on any atom is -0.374 e. The first-order valence-corrected chi connectivity index (χ1v) is 7.31. The maximum absolute atomic E-state index is 13.0. The highest BCUT2D eigenvalue weighted by atomic mass is 32.1. The van der Waals surface area contributed by atoms with E-state index in [2.05, 4.69) is 10.3 Å². The number of rotatable bonds is 6. The van der Waals surface area contributed by atoms with Crippen LogP contribution < -0.4 is 5.32 Å². The molecule has 0 aromatic carbocycles. The second kappa shape index (κ2) is 6.87. The van der Waals surface area contributed by atoms with E-state index < -0.39 is 18.0 Å². The molecule has 0 aliphatic heterocycles. The normalized spacial score (nSPS) is 14.3. The standard InChI is InChI=1S/C13H21F3N2OS/c1-7(2)10(19-5)12-18-11(13(14,15)16)9(20-12)6-17-8(3)4/h7-8,10,17H,6H2,1-5H3. The molecule has 0 saturated heterocycles. The molecular formula is C13H21F3N2OS. The van der Waals surface area contributed by atoms with E-state index in [0.29, 0.717) is 5.01 Å². The lowest BCUT2D eigenvalue weighted by Crippen LogP contribution is -2.23. The van der Waals surface area contributed by atoms with E-state index in [1.165, 1.54) is 7.11 Å². The summed E-state index contributed by atoms with van der Waals surface area (Å²) in [5.74, 6) is 0.0677. The Hall–Kier alpha value is -0.660. The monoisotopic (exact) mass is 310 g/mol. The number of nitrogens with one attached hydrogen (secondary N) is 1. The van der Waals surface area contributed by atoms with E-state index in [4.69, 9.17) is 4.74 Å². The van der Waals surface area contributed by atoms with Gasteiger partial charge in [0.15, 0.2) is 5.69 Å². The predicted octanol–water partition coefficient (Wildman–Crippen LogP) is 4.00. The molecule has 0 amide bonds. The number of hydrogen-bond donors (Lipinski definition) is 1. The first-order valence-electron chi connectivity index (χ1n) is 6.49. The molecule has 7 heteroatoms. The number of ether oxygens (including phenoxy) is 1. The Bertz CT molecular complexity index is 430.